The molecule has 0 radical (unpaired) electrons. The van der Waals surface area contributed by atoms with E-state index in [-0.39, 0.29) is 5.91 Å². The number of carboxylic acids is 1. The number of hydrogen-bond donors (Lipinski definition) is 1. The van der Waals surface area contributed by atoms with Crippen LogP contribution in [0.4, 0.5) is 5.13 Å². The van der Waals surface area contributed by atoms with Crippen molar-refractivity contribution in [3.8, 4) is 5.75 Å². The van der Waals surface area contributed by atoms with Crippen molar-refractivity contribution in [2.75, 3.05) is 12.4 Å². The predicted molar refractivity (Wildman–Crippen MR) is 89.8 cm³/mol. The Kier molecular flexibility index (Phi) is 4.53. The van der Waals surface area contributed by atoms with E-state index in [1.165, 1.54) is 11.3 Å². The maximum absolute atomic E-state index is 12.5. The lowest BCUT2D eigenvalue weighted by atomic mass is 9.79. The summed E-state index contributed by atoms with van der Waals surface area (Å²) in [4.78, 5) is 28.2. The van der Waals surface area contributed by atoms with Crippen molar-refractivity contribution < 1.29 is 19.4 Å². The zero-order valence-electron chi connectivity index (χ0n) is 13.4. The number of carbonyl (C=O) groups is 2. The first-order chi connectivity index (χ1) is 11.5. The predicted octanol–water partition coefficient (Wildman–Crippen LogP) is 1.97. The minimum Gasteiger partial charge on any atom is -0.550 e. The number of carbonyl (C=O) groups excluding carboxylic acids is 2. The first kappa shape index (κ1) is 16.4. The third-order valence-corrected chi connectivity index (χ3v) is 5.15. The molecule has 1 aliphatic rings. The van der Waals surface area contributed by atoms with Crippen molar-refractivity contribution in [3.05, 3.63) is 29.8 Å². The van der Waals surface area contributed by atoms with Crippen molar-refractivity contribution in [1.29, 1.82) is 0 Å². The van der Waals surface area contributed by atoms with E-state index in [0.717, 1.165) is 15.8 Å². The molecule has 0 saturated heterocycles. The first-order valence-electron chi connectivity index (χ1n) is 7.60. The van der Waals surface area contributed by atoms with Crippen LogP contribution in [0.5, 0.6) is 5.75 Å². The molecule has 24 heavy (non-hydrogen) atoms. The van der Waals surface area contributed by atoms with Crippen LogP contribution in [0.15, 0.2) is 29.8 Å². The molecule has 2 aromatic rings. The fourth-order valence-corrected chi connectivity index (χ4v) is 3.78. The Hall–Kier alpha value is -2.41. The number of benzene rings is 1. The summed E-state index contributed by atoms with van der Waals surface area (Å²) in [7, 11) is 1.59. The lowest BCUT2D eigenvalue weighted by Gasteiger charge is -2.30. The van der Waals surface area contributed by atoms with Gasteiger partial charge in [-0.1, -0.05) is 23.0 Å². The molecule has 6 nitrogen and oxygen atoms in total. The van der Waals surface area contributed by atoms with Gasteiger partial charge in [-0.2, -0.15) is 0 Å². The van der Waals surface area contributed by atoms with Gasteiger partial charge in [-0.15, -0.1) is 0 Å². The average Bonchev–Trinajstić information content (AvgIpc) is 2.95. The van der Waals surface area contributed by atoms with Gasteiger partial charge in [0.2, 0.25) is 5.91 Å². The van der Waals surface area contributed by atoms with Crippen LogP contribution in [-0.4, -0.2) is 24.0 Å². The first-order valence-corrected chi connectivity index (χ1v) is 8.41. The number of aliphatic carboxylic acids is 1. The average molecular weight is 345 g/mol. The molecule has 0 fully saturated rings. The summed E-state index contributed by atoms with van der Waals surface area (Å²) in [6.45, 7) is 1.87. The second-order valence-corrected chi connectivity index (χ2v) is 6.89. The van der Waals surface area contributed by atoms with E-state index in [2.05, 4.69) is 10.3 Å². The molecule has 1 aromatic carbocycles. The van der Waals surface area contributed by atoms with Crippen LogP contribution in [0.25, 0.3) is 10.2 Å². The summed E-state index contributed by atoms with van der Waals surface area (Å²) in [6, 6.07) is 5.46. The van der Waals surface area contributed by atoms with Crippen molar-refractivity contribution in [3.63, 3.8) is 0 Å². The normalized spacial score (nSPS) is 20.5. The van der Waals surface area contributed by atoms with Gasteiger partial charge in [-0.3, -0.25) is 4.79 Å². The number of nitrogens with zero attached hydrogens (tertiary/aromatic N) is 1. The molecular weight excluding hydrogens is 328 g/mol. The molecule has 7 heteroatoms. The molecule has 0 spiro atoms. The number of thiazole rings is 1. The number of amides is 1. The third kappa shape index (κ3) is 3.26. The Balaban J connectivity index is 1.80. The molecule has 2 atom stereocenters. The van der Waals surface area contributed by atoms with Crippen molar-refractivity contribution >= 4 is 38.6 Å². The summed E-state index contributed by atoms with van der Waals surface area (Å²) < 4.78 is 6.06. The molecule has 2 unspecified atom stereocenters. The lowest BCUT2D eigenvalue weighted by Crippen LogP contribution is -2.42. The van der Waals surface area contributed by atoms with Crippen LogP contribution < -0.4 is 15.2 Å². The van der Waals surface area contributed by atoms with Crippen LogP contribution in [0.1, 0.15) is 19.8 Å². The summed E-state index contributed by atoms with van der Waals surface area (Å²) in [5.74, 6) is -2.24. The van der Waals surface area contributed by atoms with E-state index in [9.17, 15) is 14.7 Å². The van der Waals surface area contributed by atoms with Crippen LogP contribution in [-0.2, 0) is 9.59 Å². The minimum absolute atomic E-state index is 0.334. The number of aromatic nitrogens is 1. The van der Waals surface area contributed by atoms with Crippen molar-refractivity contribution in [1.82, 2.24) is 4.98 Å². The maximum atomic E-state index is 12.5. The van der Waals surface area contributed by atoms with Crippen molar-refractivity contribution in [2.24, 2.45) is 11.8 Å². The van der Waals surface area contributed by atoms with E-state index in [1.54, 1.807) is 13.2 Å². The van der Waals surface area contributed by atoms with E-state index in [4.69, 9.17) is 4.74 Å². The quantitative estimate of drug-likeness (QED) is 0.856. The van der Waals surface area contributed by atoms with Gasteiger partial charge in [0.25, 0.3) is 0 Å². The molecule has 1 N–H and O–H groups in total. The number of carboxylic acid groups (broad SMARTS) is 1. The Morgan fingerprint density at radius 3 is 2.88 bits per heavy atom. The minimum atomic E-state index is -1.18. The standard InChI is InChI=1S/C17H18N2O4S/c1-9-3-5-11(12(7-9)16(21)22)15(20)19-17-18-13-6-4-10(23-2)8-14(13)24-17/h3-4,6,8,11-12H,5,7H2,1-2H3,(H,21,22)(H,18,19,20)/p-1. The highest BCUT2D eigenvalue weighted by atomic mass is 32.1. The molecule has 1 heterocycles. The SMILES string of the molecule is COc1ccc2nc(NC(=O)C3CC=C(C)CC3C(=O)[O-])sc2c1. The van der Waals surface area contributed by atoms with Crippen LogP contribution in [0.2, 0.25) is 0 Å². The molecule has 0 saturated carbocycles. The van der Waals surface area contributed by atoms with Gasteiger partial charge in [0.05, 0.1) is 23.2 Å². The summed E-state index contributed by atoms with van der Waals surface area (Å²) in [6.07, 6.45) is 2.65. The van der Waals surface area contributed by atoms with Gasteiger partial charge in [-0.05, 0) is 38.0 Å². The van der Waals surface area contributed by atoms with Crippen LogP contribution in [0.3, 0.4) is 0 Å². The molecular formula is C17H17N2O4S-. The van der Waals surface area contributed by atoms with E-state index >= 15 is 0 Å². The number of methoxy groups -OCH3 is 1. The largest absolute Gasteiger partial charge is 0.550 e. The summed E-state index contributed by atoms with van der Waals surface area (Å²) >= 11 is 1.33. The maximum Gasteiger partial charge on any atom is 0.230 e. The number of nitrogens with one attached hydrogen (secondary N) is 1. The van der Waals surface area contributed by atoms with Gasteiger partial charge in [0.1, 0.15) is 5.75 Å². The molecule has 0 bridgehead atoms. The van der Waals surface area contributed by atoms with E-state index in [0.29, 0.717) is 23.7 Å². The summed E-state index contributed by atoms with van der Waals surface area (Å²) in [5, 5.41) is 14.5. The number of rotatable bonds is 4. The van der Waals surface area contributed by atoms with Gasteiger partial charge in [0.15, 0.2) is 5.13 Å². The lowest BCUT2D eigenvalue weighted by molar-refractivity contribution is -0.313. The number of fused-ring (bicyclic) bond motifs is 1. The number of ether oxygens (including phenoxy) is 1. The zero-order valence-corrected chi connectivity index (χ0v) is 14.2. The smallest absolute Gasteiger partial charge is 0.230 e. The van der Waals surface area contributed by atoms with Gasteiger partial charge >= 0.3 is 0 Å². The number of allylic oxidation sites excluding steroid dienone is 2. The van der Waals surface area contributed by atoms with Crippen molar-refractivity contribution in [2.45, 2.75) is 19.8 Å². The molecule has 1 amide bonds. The monoisotopic (exact) mass is 345 g/mol. The fraction of sp³-hybridized carbons (Fsp3) is 0.353. The van der Waals surface area contributed by atoms with E-state index < -0.39 is 17.8 Å². The second kappa shape index (κ2) is 6.60. The Bertz CT molecular complexity index is 827. The highest BCUT2D eigenvalue weighted by Gasteiger charge is 2.31. The molecule has 126 valence electrons. The van der Waals surface area contributed by atoms with Gasteiger partial charge in [-0.25, -0.2) is 4.98 Å². The Morgan fingerprint density at radius 1 is 1.38 bits per heavy atom. The highest BCUT2D eigenvalue weighted by Crippen LogP contribution is 2.33. The fourth-order valence-electron chi connectivity index (χ4n) is 2.89. The highest BCUT2D eigenvalue weighted by molar-refractivity contribution is 7.22. The Morgan fingerprint density at radius 2 is 2.17 bits per heavy atom. The Labute approximate surface area is 143 Å². The van der Waals surface area contributed by atoms with Crippen LogP contribution in [0, 0.1) is 11.8 Å². The molecule has 0 aliphatic heterocycles. The second-order valence-electron chi connectivity index (χ2n) is 5.86. The third-order valence-electron chi connectivity index (χ3n) is 4.21. The van der Waals surface area contributed by atoms with Gasteiger partial charge < -0.3 is 20.0 Å². The van der Waals surface area contributed by atoms with Crippen LogP contribution >= 0.6 is 11.3 Å². The zero-order chi connectivity index (χ0) is 17.3. The molecule has 3 rings (SSSR count). The number of hydrogen-bond acceptors (Lipinski definition) is 6. The topological polar surface area (TPSA) is 91.3 Å². The van der Waals surface area contributed by atoms with Gasteiger partial charge in [0, 0.05) is 11.9 Å². The number of anilines is 1. The summed E-state index contributed by atoms with van der Waals surface area (Å²) in [5.41, 5.74) is 1.73. The molecule has 1 aliphatic carbocycles. The molecule has 1 aromatic heterocycles. The van der Waals surface area contributed by atoms with E-state index in [1.807, 2.05) is 25.1 Å².